The van der Waals surface area contributed by atoms with Gasteiger partial charge in [0.05, 0.1) is 19.3 Å². The Bertz CT molecular complexity index is 1150. The highest BCUT2D eigenvalue weighted by molar-refractivity contribution is 7.80. The van der Waals surface area contributed by atoms with Gasteiger partial charge >= 0.3 is 0 Å². The molecule has 3 aromatic carbocycles. The van der Waals surface area contributed by atoms with E-state index in [4.69, 9.17) is 5.73 Å². The SMILES string of the molecule is CC(C)C.CC(C)CNC[C@@H](O)[C@H](Cc1ccccc1)NCNC(=O)CNC1(c2ccccc2)CC1.Nc1ccc(S)cc1. The number of rotatable bonds is 14. The molecule has 0 spiro atoms. The Morgan fingerprint density at radius 2 is 1.45 bits per heavy atom. The van der Waals surface area contributed by atoms with Gasteiger partial charge in [-0.1, -0.05) is 95.3 Å². The molecule has 4 rings (SSSR count). The number of hydrogen-bond acceptors (Lipinski definition) is 7. The van der Waals surface area contributed by atoms with E-state index in [1.54, 1.807) is 0 Å². The highest BCUT2D eigenvalue weighted by atomic mass is 32.1. The van der Waals surface area contributed by atoms with Crippen LogP contribution in [0.1, 0.15) is 58.6 Å². The lowest BCUT2D eigenvalue weighted by Gasteiger charge is -2.25. The predicted molar refractivity (Wildman–Crippen MR) is 188 cm³/mol. The van der Waals surface area contributed by atoms with Gasteiger partial charge in [0.15, 0.2) is 0 Å². The van der Waals surface area contributed by atoms with Crippen LogP contribution in [0.3, 0.4) is 0 Å². The van der Waals surface area contributed by atoms with Crippen LogP contribution in [0.25, 0.3) is 0 Å². The Morgan fingerprint density at radius 3 is 1.98 bits per heavy atom. The molecule has 0 aliphatic heterocycles. The first-order valence-corrected chi connectivity index (χ1v) is 16.2. The van der Waals surface area contributed by atoms with Gasteiger partial charge in [0.25, 0.3) is 0 Å². The quantitative estimate of drug-likeness (QED) is 0.0741. The van der Waals surface area contributed by atoms with E-state index in [1.165, 1.54) is 5.56 Å². The Balaban J connectivity index is 0.000000470. The van der Waals surface area contributed by atoms with Crippen molar-refractivity contribution in [3.63, 3.8) is 0 Å². The lowest BCUT2D eigenvalue weighted by atomic mass is 10.0. The minimum absolute atomic E-state index is 0.0504. The van der Waals surface area contributed by atoms with Gasteiger partial charge in [0.2, 0.25) is 5.91 Å². The van der Waals surface area contributed by atoms with Crippen LogP contribution in [0.5, 0.6) is 0 Å². The number of thiol groups is 1. The molecule has 44 heavy (non-hydrogen) atoms. The Hall–Kier alpha value is -2.88. The van der Waals surface area contributed by atoms with Crippen LogP contribution in [-0.4, -0.2) is 49.5 Å². The molecule has 242 valence electrons. The van der Waals surface area contributed by atoms with Gasteiger partial charge in [0.1, 0.15) is 0 Å². The molecule has 3 aromatic rings. The maximum atomic E-state index is 12.4. The second-order valence-electron chi connectivity index (χ2n) is 12.5. The van der Waals surface area contributed by atoms with Crippen LogP contribution >= 0.6 is 12.6 Å². The maximum Gasteiger partial charge on any atom is 0.234 e. The molecule has 0 saturated heterocycles. The van der Waals surface area contributed by atoms with Crippen molar-refractivity contribution in [3.8, 4) is 0 Å². The fourth-order valence-electron chi connectivity index (χ4n) is 4.39. The summed E-state index contributed by atoms with van der Waals surface area (Å²) in [5, 5.41) is 23.8. The van der Waals surface area contributed by atoms with E-state index in [0.29, 0.717) is 25.6 Å². The largest absolute Gasteiger partial charge is 0.399 e. The van der Waals surface area contributed by atoms with Gasteiger partial charge in [-0.05, 0) is 73.0 Å². The molecule has 0 unspecified atom stereocenters. The van der Waals surface area contributed by atoms with Gasteiger partial charge in [-0.3, -0.25) is 15.4 Å². The molecule has 8 heteroatoms. The summed E-state index contributed by atoms with van der Waals surface area (Å²) in [6.45, 7) is 12.8. The Kier molecular flexibility index (Phi) is 17.1. The third kappa shape index (κ3) is 15.7. The third-order valence-electron chi connectivity index (χ3n) is 6.88. The first-order chi connectivity index (χ1) is 21.0. The number of nitrogens with one attached hydrogen (secondary N) is 4. The second kappa shape index (κ2) is 20.2. The summed E-state index contributed by atoms with van der Waals surface area (Å²) in [5.74, 6) is 1.31. The molecule has 2 atom stereocenters. The van der Waals surface area contributed by atoms with E-state index in [2.05, 4.69) is 92.8 Å². The molecule has 7 N–H and O–H groups in total. The van der Waals surface area contributed by atoms with Crippen LogP contribution in [0.2, 0.25) is 0 Å². The lowest BCUT2D eigenvalue weighted by Crippen LogP contribution is -2.51. The molecular formula is C36H55N5O2S. The zero-order valence-electron chi connectivity index (χ0n) is 27.2. The van der Waals surface area contributed by atoms with Gasteiger partial charge in [-0.15, -0.1) is 12.6 Å². The molecule has 0 aromatic heterocycles. The minimum atomic E-state index is -0.559. The fourth-order valence-corrected chi connectivity index (χ4v) is 4.54. The van der Waals surface area contributed by atoms with Gasteiger partial charge < -0.3 is 21.5 Å². The van der Waals surface area contributed by atoms with Crippen LogP contribution in [0.15, 0.2) is 89.8 Å². The third-order valence-corrected chi connectivity index (χ3v) is 7.17. The lowest BCUT2D eigenvalue weighted by molar-refractivity contribution is -0.120. The molecule has 1 saturated carbocycles. The Labute approximate surface area is 271 Å². The number of carbonyl (C=O) groups excluding carboxylic acids is 1. The highest BCUT2D eigenvalue weighted by Gasteiger charge is 2.43. The topological polar surface area (TPSA) is 111 Å². The number of anilines is 1. The number of aliphatic hydroxyl groups excluding tert-OH is 1. The van der Waals surface area contributed by atoms with E-state index >= 15 is 0 Å². The molecule has 1 fully saturated rings. The van der Waals surface area contributed by atoms with E-state index in [9.17, 15) is 9.90 Å². The van der Waals surface area contributed by atoms with Crippen molar-refractivity contribution in [3.05, 3.63) is 96.1 Å². The number of carbonyl (C=O) groups is 1. The van der Waals surface area contributed by atoms with Crippen molar-refractivity contribution in [1.82, 2.24) is 21.3 Å². The van der Waals surface area contributed by atoms with Crippen molar-refractivity contribution in [2.75, 3.05) is 32.0 Å². The van der Waals surface area contributed by atoms with E-state index < -0.39 is 6.10 Å². The summed E-state index contributed by atoms with van der Waals surface area (Å²) in [5.41, 5.74) is 8.51. The van der Waals surface area contributed by atoms with Crippen molar-refractivity contribution >= 4 is 24.2 Å². The average molecular weight is 622 g/mol. The summed E-state index contributed by atoms with van der Waals surface area (Å²) in [7, 11) is 0. The number of hydrogen-bond donors (Lipinski definition) is 7. The summed E-state index contributed by atoms with van der Waals surface area (Å²) in [6, 6.07) is 27.6. The first kappa shape index (κ1) is 37.3. The monoisotopic (exact) mass is 621 g/mol. The zero-order valence-corrected chi connectivity index (χ0v) is 28.1. The minimum Gasteiger partial charge on any atom is -0.399 e. The number of amides is 1. The maximum absolute atomic E-state index is 12.4. The number of aliphatic hydroxyl groups is 1. The van der Waals surface area contributed by atoms with Crippen LogP contribution < -0.4 is 27.0 Å². The summed E-state index contributed by atoms with van der Waals surface area (Å²) >= 11 is 4.08. The van der Waals surface area contributed by atoms with Gasteiger partial charge in [-0.2, -0.15) is 0 Å². The van der Waals surface area contributed by atoms with Crippen LogP contribution in [0, 0.1) is 11.8 Å². The summed E-state index contributed by atoms with van der Waals surface area (Å²) in [4.78, 5) is 13.4. The molecule has 1 aliphatic carbocycles. The van der Waals surface area contributed by atoms with Crippen LogP contribution in [-0.2, 0) is 16.8 Å². The Morgan fingerprint density at radius 1 is 0.886 bits per heavy atom. The molecule has 1 aliphatic rings. The van der Waals surface area contributed by atoms with Gasteiger partial charge in [0, 0.05) is 28.7 Å². The molecular weight excluding hydrogens is 566 g/mol. The van der Waals surface area contributed by atoms with E-state index in [1.807, 2.05) is 60.7 Å². The summed E-state index contributed by atoms with van der Waals surface area (Å²) in [6.07, 6.45) is 2.24. The number of benzene rings is 3. The second-order valence-corrected chi connectivity index (χ2v) is 13.0. The first-order valence-electron chi connectivity index (χ1n) is 15.8. The predicted octanol–water partition coefficient (Wildman–Crippen LogP) is 5.37. The van der Waals surface area contributed by atoms with Crippen molar-refractivity contribution in [2.45, 2.75) is 76.5 Å². The molecule has 0 heterocycles. The van der Waals surface area contributed by atoms with Crippen molar-refractivity contribution in [1.29, 1.82) is 0 Å². The molecule has 7 nitrogen and oxygen atoms in total. The normalized spacial score (nSPS) is 14.5. The van der Waals surface area contributed by atoms with E-state index in [0.717, 1.165) is 41.5 Å². The van der Waals surface area contributed by atoms with Gasteiger partial charge in [-0.25, -0.2) is 0 Å². The molecule has 0 bridgehead atoms. The zero-order chi connectivity index (χ0) is 32.4. The molecule has 0 radical (unpaired) electrons. The smallest absolute Gasteiger partial charge is 0.234 e. The standard InChI is InChI=1S/C26H38N4O2.C6H7NS.C4H10/c1-20(2)16-27-17-24(31)23(15-21-9-5-3-6-10-21)28-19-29-25(32)18-30-26(13-14-26)22-11-7-4-8-12-22;7-5-1-3-6(8)4-2-5;1-4(2)3/h3-12,20,23-24,27-28,30-31H,13-19H2,1-2H3,(H,29,32);1-4,8H,7H2;4H,1-3H3/t23-,24+;;/m0../s1. The number of nitrogen functional groups attached to an aromatic ring is 1. The average Bonchev–Trinajstić information content (AvgIpc) is 3.79. The fraction of sp³-hybridized carbons (Fsp3) is 0.472. The van der Waals surface area contributed by atoms with Crippen molar-refractivity contribution < 1.29 is 9.90 Å². The van der Waals surface area contributed by atoms with Crippen molar-refractivity contribution in [2.24, 2.45) is 11.8 Å². The van der Waals surface area contributed by atoms with Crippen LogP contribution in [0.4, 0.5) is 5.69 Å². The highest BCUT2D eigenvalue weighted by Crippen LogP contribution is 2.45. The number of nitrogens with two attached hydrogens (primary N) is 1. The van der Waals surface area contributed by atoms with E-state index in [-0.39, 0.29) is 24.0 Å². The summed E-state index contributed by atoms with van der Waals surface area (Å²) < 4.78 is 0. The molecule has 1 amide bonds.